The second kappa shape index (κ2) is 9.29. The summed E-state index contributed by atoms with van der Waals surface area (Å²) in [5.74, 6) is 1.15. The van der Waals surface area contributed by atoms with E-state index in [4.69, 9.17) is 21.1 Å². The van der Waals surface area contributed by atoms with Crippen LogP contribution in [-0.2, 0) is 11.2 Å². The van der Waals surface area contributed by atoms with E-state index >= 15 is 0 Å². The number of hydrogen-bond donors (Lipinski definition) is 1. The highest BCUT2D eigenvalue weighted by Gasteiger charge is 2.17. The Hall–Kier alpha value is -2.98. The van der Waals surface area contributed by atoms with Crippen molar-refractivity contribution in [1.29, 1.82) is 0 Å². The van der Waals surface area contributed by atoms with Crippen LogP contribution >= 0.6 is 11.6 Å². The van der Waals surface area contributed by atoms with Gasteiger partial charge in [0.15, 0.2) is 11.5 Å². The number of hydrogen-bond acceptors (Lipinski definition) is 3. The number of ether oxygens (including phenoxy) is 2. The summed E-state index contributed by atoms with van der Waals surface area (Å²) in [5, 5.41) is 3.79. The van der Waals surface area contributed by atoms with E-state index in [1.165, 1.54) is 0 Å². The number of carbonyl (C=O) groups excluding carboxylic acids is 1. The zero-order valence-corrected chi connectivity index (χ0v) is 16.6. The molecule has 0 fully saturated rings. The average molecular weight is 396 g/mol. The molecule has 3 rings (SSSR count). The van der Waals surface area contributed by atoms with Crippen LogP contribution in [0.2, 0.25) is 5.02 Å². The Morgan fingerprint density at radius 2 is 1.54 bits per heavy atom. The van der Waals surface area contributed by atoms with E-state index < -0.39 is 0 Å². The quantitative estimate of drug-likeness (QED) is 0.624. The van der Waals surface area contributed by atoms with Crippen LogP contribution in [0, 0.1) is 0 Å². The number of methoxy groups -OCH3 is 2. The molecule has 0 aliphatic heterocycles. The molecule has 0 saturated carbocycles. The summed E-state index contributed by atoms with van der Waals surface area (Å²) >= 11 is 6.02. The van der Waals surface area contributed by atoms with Crippen molar-refractivity contribution in [1.82, 2.24) is 5.32 Å². The van der Waals surface area contributed by atoms with Crippen LogP contribution in [0.4, 0.5) is 0 Å². The van der Waals surface area contributed by atoms with Gasteiger partial charge in [-0.15, -0.1) is 0 Å². The Bertz CT molecular complexity index is 926. The highest BCUT2D eigenvalue weighted by molar-refractivity contribution is 6.30. The highest BCUT2D eigenvalue weighted by Crippen LogP contribution is 2.28. The van der Waals surface area contributed by atoms with Crippen LogP contribution in [0.25, 0.3) is 0 Å². The van der Waals surface area contributed by atoms with E-state index in [-0.39, 0.29) is 18.4 Å². The van der Waals surface area contributed by atoms with E-state index in [9.17, 15) is 4.79 Å². The molecule has 3 aromatic rings. The third-order valence-electron chi connectivity index (χ3n) is 4.45. The molecule has 1 atom stereocenters. The molecule has 1 unspecified atom stereocenters. The van der Waals surface area contributed by atoms with E-state index in [0.29, 0.717) is 16.5 Å². The minimum atomic E-state index is -0.258. The topological polar surface area (TPSA) is 47.6 Å². The van der Waals surface area contributed by atoms with Gasteiger partial charge in [0, 0.05) is 5.02 Å². The minimum Gasteiger partial charge on any atom is -0.493 e. The summed E-state index contributed by atoms with van der Waals surface area (Å²) in [4.78, 5) is 12.8. The fourth-order valence-corrected chi connectivity index (χ4v) is 3.17. The Balaban J connectivity index is 1.81. The van der Waals surface area contributed by atoms with Crippen molar-refractivity contribution in [2.24, 2.45) is 0 Å². The molecular formula is C23H22ClNO3. The Kier molecular flexibility index (Phi) is 6.56. The molecule has 0 aliphatic rings. The predicted octanol–water partition coefficient (Wildman–Crippen LogP) is 4.81. The van der Waals surface area contributed by atoms with Gasteiger partial charge in [0.05, 0.1) is 26.7 Å². The molecule has 28 heavy (non-hydrogen) atoms. The van der Waals surface area contributed by atoms with E-state index in [1.807, 2.05) is 66.7 Å². The second-order valence-electron chi connectivity index (χ2n) is 6.33. The summed E-state index contributed by atoms with van der Waals surface area (Å²) < 4.78 is 10.6. The highest BCUT2D eigenvalue weighted by atomic mass is 35.5. The van der Waals surface area contributed by atoms with E-state index in [0.717, 1.165) is 16.7 Å². The molecule has 0 bridgehead atoms. The van der Waals surface area contributed by atoms with Crippen molar-refractivity contribution in [3.05, 3.63) is 94.5 Å². The third-order valence-corrected chi connectivity index (χ3v) is 4.71. The molecule has 1 amide bonds. The fourth-order valence-electron chi connectivity index (χ4n) is 3.05. The Morgan fingerprint density at radius 1 is 0.893 bits per heavy atom. The third kappa shape index (κ3) is 4.84. The summed E-state index contributed by atoms with van der Waals surface area (Å²) in [6.07, 6.45) is 0.233. The smallest absolute Gasteiger partial charge is 0.225 e. The number of benzene rings is 3. The normalized spacial score (nSPS) is 11.5. The van der Waals surface area contributed by atoms with Gasteiger partial charge in [0.25, 0.3) is 0 Å². The number of amides is 1. The number of nitrogens with one attached hydrogen (secondary N) is 1. The first kappa shape index (κ1) is 19.8. The zero-order chi connectivity index (χ0) is 19.9. The fraction of sp³-hybridized carbons (Fsp3) is 0.174. The van der Waals surface area contributed by atoms with Crippen LogP contribution in [0.5, 0.6) is 11.5 Å². The lowest BCUT2D eigenvalue weighted by Crippen LogP contribution is -2.30. The minimum absolute atomic E-state index is 0.0870. The van der Waals surface area contributed by atoms with Gasteiger partial charge in [-0.1, -0.05) is 60.1 Å². The largest absolute Gasteiger partial charge is 0.493 e. The van der Waals surface area contributed by atoms with Gasteiger partial charge in [0.1, 0.15) is 0 Å². The van der Waals surface area contributed by atoms with Crippen LogP contribution in [0.15, 0.2) is 72.8 Å². The molecule has 5 heteroatoms. The predicted molar refractivity (Wildman–Crippen MR) is 111 cm³/mol. The number of carbonyl (C=O) groups is 1. The van der Waals surface area contributed by atoms with Gasteiger partial charge in [-0.25, -0.2) is 0 Å². The van der Waals surface area contributed by atoms with Crippen LogP contribution in [0.3, 0.4) is 0 Å². The van der Waals surface area contributed by atoms with Gasteiger partial charge in [0.2, 0.25) is 5.91 Å². The lowest BCUT2D eigenvalue weighted by molar-refractivity contribution is -0.120. The van der Waals surface area contributed by atoms with Crippen molar-refractivity contribution in [3.63, 3.8) is 0 Å². The zero-order valence-electron chi connectivity index (χ0n) is 15.8. The standard InChI is InChI=1S/C23H22ClNO3/c1-27-20-13-8-16(14-21(20)28-2)15-22(26)25-23(17-6-4-3-5-7-17)18-9-11-19(24)12-10-18/h3-14,23H,15H2,1-2H3,(H,25,26). The van der Waals surface area contributed by atoms with E-state index in [2.05, 4.69) is 5.32 Å². The molecule has 0 heterocycles. The van der Waals surface area contributed by atoms with Crippen LogP contribution in [-0.4, -0.2) is 20.1 Å². The Labute approximate surface area is 170 Å². The molecule has 0 aromatic heterocycles. The van der Waals surface area contributed by atoms with Crippen molar-refractivity contribution >= 4 is 17.5 Å². The van der Waals surface area contributed by atoms with Crippen molar-refractivity contribution in [2.45, 2.75) is 12.5 Å². The molecule has 3 aromatic carbocycles. The molecule has 0 aliphatic carbocycles. The molecule has 4 nitrogen and oxygen atoms in total. The lowest BCUT2D eigenvalue weighted by Gasteiger charge is -2.20. The van der Waals surface area contributed by atoms with Gasteiger partial charge in [-0.3, -0.25) is 4.79 Å². The van der Waals surface area contributed by atoms with Crippen molar-refractivity contribution in [3.8, 4) is 11.5 Å². The lowest BCUT2D eigenvalue weighted by atomic mass is 9.98. The SMILES string of the molecule is COc1ccc(CC(=O)NC(c2ccccc2)c2ccc(Cl)cc2)cc1OC. The monoisotopic (exact) mass is 395 g/mol. The van der Waals surface area contributed by atoms with Crippen molar-refractivity contribution < 1.29 is 14.3 Å². The summed E-state index contributed by atoms with van der Waals surface area (Å²) in [6, 6.07) is 22.6. The maximum Gasteiger partial charge on any atom is 0.225 e. The van der Waals surface area contributed by atoms with E-state index in [1.54, 1.807) is 20.3 Å². The first-order chi connectivity index (χ1) is 13.6. The average Bonchev–Trinajstić information content (AvgIpc) is 2.73. The molecular weight excluding hydrogens is 374 g/mol. The molecule has 1 N–H and O–H groups in total. The molecule has 0 spiro atoms. The van der Waals surface area contributed by atoms with Crippen molar-refractivity contribution in [2.75, 3.05) is 14.2 Å². The summed E-state index contributed by atoms with van der Waals surface area (Å²) in [7, 11) is 3.16. The van der Waals surface area contributed by atoms with Crippen LogP contribution in [0.1, 0.15) is 22.7 Å². The molecule has 144 valence electrons. The summed E-state index contributed by atoms with van der Waals surface area (Å²) in [6.45, 7) is 0. The summed E-state index contributed by atoms with van der Waals surface area (Å²) in [5.41, 5.74) is 2.82. The number of halogens is 1. The molecule has 0 radical (unpaired) electrons. The molecule has 0 saturated heterocycles. The van der Waals surface area contributed by atoms with Gasteiger partial charge < -0.3 is 14.8 Å². The number of rotatable bonds is 7. The first-order valence-electron chi connectivity index (χ1n) is 8.91. The second-order valence-corrected chi connectivity index (χ2v) is 6.77. The van der Waals surface area contributed by atoms with Gasteiger partial charge in [-0.05, 0) is 41.0 Å². The van der Waals surface area contributed by atoms with Crippen LogP contribution < -0.4 is 14.8 Å². The maximum atomic E-state index is 12.8. The first-order valence-corrected chi connectivity index (χ1v) is 9.29. The van der Waals surface area contributed by atoms with Gasteiger partial charge in [-0.2, -0.15) is 0 Å². The van der Waals surface area contributed by atoms with Gasteiger partial charge >= 0.3 is 0 Å². The maximum absolute atomic E-state index is 12.8. The Morgan fingerprint density at radius 3 is 2.18 bits per heavy atom.